The van der Waals surface area contributed by atoms with E-state index in [1.165, 1.54) is 0 Å². The quantitative estimate of drug-likeness (QED) is 0.610. The molecule has 1 aromatic heterocycles. The molecule has 0 saturated carbocycles. The smallest absolute Gasteiger partial charge is 0.126 e. The first-order chi connectivity index (χ1) is 9.16. The average molecular weight is 336 g/mol. The number of para-hydroxylation sites is 1. The topological polar surface area (TPSA) is 19.0 Å². The van der Waals surface area contributed by atoms with Gasteiger partial charge in [0.15, 0.2) is 0 Å². The summed E-state index contributed by atoms with van der Waals surface area (Å²) in [7, 11) is 0. The van der Waals surface area contributed by atoms with Crippen LogP contribution in [0.25, 0.3) is 10.9 Å². The Bertz CT molecular complexity index is 703. The Balaban J connectivity index is 2.08. The van der Waals surface area contributed by atoms with Crippen molar-refractivity contribution in [3.8, 4) is 0 Å². The maximum absolute atomic E-state index is 6.46. The zero-order valence-electron chi connectivity index (χ0n) is 10.3. The average Bonchev–Trinajstić information content (AvgIpc) is 2.85. The molecule has 0 unspecified atom stereocenters. The molecule has 1 N–H and O–H groups in total. The fourth-order valence-electron chi connectivity index (χ4n) is 2.10. The maximum Gasteiger partial charge on any atom is 0.126 e. The standard InChI is InChI=1S/C15H12BrClN2/c1-10-12(16)6-4-8-14(10)19(17)15-9-11-5-2-3-7-13(11)18-15/h2-9,18H,1H3. The van der Waals surface area contributed by atoms with Gasteiger partial charge in [-0.05, 0) is 36.8 Å². The van der Waals surface area contributed by atoms with Crippen molar-refractivity contribution >= 4 is 50.1 Å². The van der Waals surface area contributed by atoms with Gasteiger partial charge in [-0.15, -0.1) is 0 Å². The first kappa shape index (κ1) is 12.6. The second-order valence-corrected chi connectivity index (χ2v) is 5.60. The number of nitrogens with zero attached hydrogens (tertiary/aromatic N) is 1. The van der Waals surface area contributed by atoms with Gasteiger partial charge in [0.1, 0.15) is 5.82 Å². The highest BCUT2D eigenvalue weighted by atomic mass is 79.9. The number of halogens is 2. The molecule has 0 bridgehead atoms. The Hall–Kier alpha value is -1.45. The number of H-pyrrole nitrogens is 1. The summed E-state index contributed by atoms with van der Waals surface area (Å²) in [5.74, 6) is 0.865. The molecule has 0 fully saturated rings. The molecule has 0 aliphatic heterocycles. The first-order valence-corrected chi connectivity index (χ1v) is 7.09. The monoisotopic (exact) mass is 334 g/mol. The lowest BCUT2D eigenvalue weighted by atomic mass is 10.2. The summed E-state index contributed by atoms with van der Waals surface area (Å²) >= 11 is 9.99. The Morgan fingerprint density at radius 1 is 1.11 bits per heavy atom. The van der Waals surface area contributed by atoms with Gasteiger partial charge in [-0.2, -0.15) is 0 Å². The highest BCUT2D eigenvalue weighted by Crippen LogP contribution is 2.34. The van der Waals surface area contributed by atoms with E-state index in [4.69, 9.17) is 11.8 Å². The lowest BCUT2D eigenvalue weighted by Gasteiger charge is -2.17. The molecule has 0 amide bonds. The summed E-state index contributed by atoms with van der Waals surface area (Å²) in [6.45, 7) is 2.04. The third-order valence-corrected chi connectivity index (χ3v) is 4.40. The van der Waals surface area contributed by atoms with Crippen LogP contribution in [-0.2, 0) is 0 Å². The predicted molar refractivity (Wildman–Crippen MR) is 85.2 cm³/mol. The molecule has 3 aromatic rings. The van der Waals surface area contributed by atoms with Crippen LogP contribution in [0.15, 0.2) is 53.0 Å². The first-order valence-electron chi connectivity index (χ1n) is 5.95. The minimum absolute atomic E-state index is 0.865. The van der Waals surface area contributed by atoms with Gasteiger partial charge in [0.05, 0.1) is 5.69 Å². The van der Waals surface area contributed by atoms with E-state index in [2.05, 4.69) is 27.0 Å². The van der Waals surface area contributed by atoms with Crippen molar-refractivity contribution in [2.45, 2.75) is 6.92 Å². The van der Waals surface area contributed by atoms with E-state index in [0.717, 1.165) is 32.4 Å². The number of nitrogens with one attached hydrogen (secondary N) is 1. The summed E-state index contributed by atoms with van der Waals surface area (Å²) in [5, 5.41) is 1.15. The van der Waals surface area contributed by atoms with E-state index in [9.17, 15) is 0 Å². The molecule has 0 radical (unpaired) electrons. The van der Waals surface area contributed by atoms with Crippen LogP contribution in [0.1, 0.15) is 5.56 Å². The van der Waals surface area contributed by atoms with Gasteiger partial charge in [0, 0.05) is 27.2 Å². The zero-order valence-corrected chi connectivity index (χ0v) is 12.7. The fraction of sp³-hybridized carbons (Fsp3) is 0.0667. The summed E-state index contributed by atoms with van der Waals surface area (Å²) < 4.78 is 2.70. The summed E-state index contributed by atoms with van der Waals surface area (Å²) in [5.41, 5.74) is 3.15. The molecule has 3 rings (SSSR count). The van der Waals surface area contributed by atoms with Gasteiger partial charge in [-0.25, -0.2) is 4.42 Å². The molecule has 1 heterocycles. The van der Waals surface area contributed by atoms with Crippen molar-refractivity contribution in [2.24, 2.45) is 0 Å². The Kier molecular flexibility index (Phi) is 3.25. The summed E-state index contributed by atoms with van der Waals surface area (Å²) in [6, 6.07) is 16.2. The largest absolute Gasteiger partial charge is 0.340 e. The van der Waals surface area contributed by atoms with E-state index >= 15 is 0 Å². The van der Waals surface area contributed by atoms with Crippen molar-refractivity contribution in [1.82, 2.24) is 4.98 Å². The molecule has 0 aliphatic carbocycles. The fourth-order valence-corrected chi connectivity index (χ4v) is 2.73. The Morgan fingerprint density at radius 2 is 1.89 bits per heavy atom. The van der Waals surface area contributed by atoms with Crippen LogP contribution in [0.4, 0.5) is 11.5 Å². The molecule has 96 valence electrons. The van der Waals surface area contributed by atoms with Crippen LogP contribution in [0, 0.1) is 6.92 Å². The highest BCUT2D eigenvalue weighted by molar-refractivity contribution is 9.10. The van der Waals surface area contributed by atoms with E-state index in [0.29, 0.717) is 0 Å². The van der Waals surface area contributed by atoms with Crippen LogP contribution in [0.2, 0.25) is 0 Å². The number of benzene rings is 2. The summed E-state index contributed by atoms with van der Waals surface area (Å²) in [6.07, 6.45) is 0. The number of rotatable bonds is 2. The van der Waals surface area contributed by atoms with Crippen molar-refractivity contribution < 1.29 is 0 Å². The number of hydrogen-bond acceptors (Lipinski definition) is 1. The van der Waals surface area contributed by atoms with Crippen LogP contribution in [0.3, 0.4) is 0 Å². The number of aromatic amines is 1. The molecule has 0 spiro atoms. The Labute approximate surface area is 125 Å². The van der Waals surface area contributed by atoms with Gasteiger partial charge in [0.2, 0.25) is 0 Å². The van der Waals surface area contributed by atoms with E-state index in [1.54, 1.807) is 4.42 Å². The van der Waals surface area contributed by atoms with E-state index in [-0.39, 0.29) is 0 Å². The minimum atomic E-state index is 0.865. The number of hydrogen-bond donors (Lipinski definition) is 1. The highest BCUT2D eigenvalue weighted by Gasteiger charge is 2.13. The van der Waals surface area contributed by atoms with Gasteiger partial charge in [-0.3, -0.25) is 0 Å². The van der Waals surface area contributed by atoms with Gasteiger partial charge < -0.3 is 4.98 Å². The predicted octanol–water partition coefficient (Wildman–Crippen LogP) is 5.53. The van der Waals surface area contributed by atoms with Crippen molar-refractivity contribution in [2.75, 3.05) is 4.42 Å². The molecule has 0 saturated heterocycles. The lowest BCUT2D eigenvalue weighted by molar-refractivity contribution is 1.28. The molecular weight excluding hydrogens is 324 g/mol. The van der Waals surface area contributed by atoms with E-state index in [1.807, 2.05) is 49.4 Å². The van der Waals surface area contributed by atoms with Crippen LogP contribution in [0.5, 0.6) is 0 Å². The summed E-state index contributed by atoms with van der Waals surface area (Å²) in [4.78, 5) is 3.32. The second kappa shape index (κ2) is 4.91. The van der Waals surface area contributed by atoms with E-state index < -0.39 is 0 Å². The third kappa shape index (κ3) is 2.24. The van der Waals surface area contributed by atoms with Crippen LogP contribution in [-0.4, -0.2) is 4.98 Å². The van der Waals surface area contributed by atoms with Crippen LogP contribution >= 0.6 is 27.7 Å². The van der Waals surface area contributed by atoms with Gasteiger partial charge in [-0.1, -0.05) is 40.2 Å². The molecule has 4 heteroatoms. The Morgan fingerprint density at radius 3 is 2.68 bits per heavy atom. The molecule has 2 aromatic carbocycles. The number of fused-ring (bicyclic) bond motifs is 1. The number of anilines is 2. The molecule has 2 nitrogen and oxygen atoms in total. The van der Waals surface area contributed by atoms with Gasteiger partial charge in [0.25, 0.3) is 0 Å². The molecular formula is C15H12BrClN2. The molecule has 0 atom stereocenters. The maximum atomic E-state index is 6.46. The number of aromatic nitrogens is 1. The third-order valence-electron chi connectivity index (χ3n) is 3.18. The molecule has 0 aliphatic rings. The van der Waals surface area contributed by atoms with Gasteiger partial charge >= 0.3 is 0 Å². The van der Waals surface area contributed by atoms with Crippen molar-refractivity contribution in [3.63, 3.8) is 0 Å². The zero-order chi connectivity index (χ0) is 13.4. The minimum Gasteiger partial charge on any atom is -0.340 e. The van der Waals surface area contributed by atoms with Crippen LogP contribution < -0.4 is 4.42 Å². The lowest BCUT2D eigenvalue weighted by Crippen LogP contribution is -2.04. The SMILES string of the molecule is Cc1c(Br)cccc1N(Cl)c1cc2ccccc2[nH]1. The normalized spacial score (nSPS) is 10.9. The van der Waals surface area contributed by atoms with Crippen molar-refractivity contribution in [3.05, 3.63) is 58.6 Å². The van der Waals surface area contributed by atoms with Crippen molar-refractivity contribution in [1.29, 1.82) is 0 Å². The molecule has 19 heavy (non-hydrogen) atoms. The second-order valence-electron chi connectivity index (χ2n) is 4.41.